The van der Waals surface area contributed by atoms with Crippen LogP contribution in [0.25, 0.3) is 0 Å². The molecule has 0 saturated carbocycles. The van der Waals surface area contributed by atoms with E-state index in [2.05, 4.69) is 51.2 Å². The third-order valence-corrected chi connectivity index (χ3v) is 2.19. The van der Waals surface area contributed by atoms with Crippen LogP contribution in [0.5, 0.6) is 0 Å². The largest absolute Gasteiger partial charge is 0.391 e. The van der Waals surface area contributed by atoms with Gasteiger partial charge in [0.15, 0.2) is 0 Å². The van der Waals surface area contributed by atoms with E-state index in [0.717, 1.165) is 13.1 Å². The molecule has 0 bridgehead atoms. The first-order valence-corrected chi connectivity index (χ1v) is 7.75. The van der Waals surface area contributed by atoms with Crippen molar-refractivity contribution in [3.05, 3.63) is 25.4 Å². The first-order valence-electron chi connectivity index (χ1n) is 7.75. The molecule has 0 heterocycles. The molecule has 0 aliphatic heterocycles. The molecule has 0 aromatic rings. The number of rotatable bonds is 7. The second-order valence-corrected chi connectivity index (χ2v) is 3.70. The van der Waals surface area contributed by atoms with E-state index in [9.17, 15) is 0 Å². The van der Waals surface area contributed by atoms with Crippen LogP contribution in [-0.4, -0.2) is 31.6 Å². The van der Waals surface area contributed by atoms with Gasteiger partial charge in [0.05, 0.1) is 0 Å². The quantitative estimate of drug-likeness (QED) is 0.513. The number of hydrogen-bond acceptors (Lipinski definition) is 2. The predicted molar refractivity (Wildman–Crippen MR) is 93.8 cm³/mol. The van der Waals surface area contributed by atoms with Gasteiger partial charge in [-0.3, -0.25) is 0 Å². The number of unbranched alkanes of at least 4 members (excludes halogenated alkanes) is 1. The van der Waals surface area contributed by atoms with E-state index in [0.29, 0.717) is 0 Å². The first-order chi connectivity index (χ1) is 9.22. The first kappa shape index (κ1) is 26.7. The van der Waals surface area contributed by atoms with Crippen molar-refractivity contribution in [3.8, 4) is 0 Å². The van der Waals surface area contributed by atoms with Crippen molar-refractivity contribution in [1.82, 2.24) is 10.2 Å². The summed E-state index contributed by atoms with van der Waals surface area (Å²) < 4.78 is 0. The maximum absolute atomic E-state index is 3.21. The summed E-state index contributed by atoms with van der Waals surface area (Å²) >= 11 is 0. The fourth-order valence-electron chi connectivity index (χ4n) is 0.810. The Morgan fingerprint density at radius 3 is 1.84 bits per heavy atom. The molecular formula is C17H40N2. The SMILES string of the molecule is C/C=C/NCCCN(C)CC.C=C.CC.CCCC. The third kappa shape index (κ3) is 46.9. The summed E-state index contributed by atoms with van der Waals surface area (Å²) in [5.74, 6) is 0. The average molecular weight is 273 g/mol. The molecule has 0 radical (unpaired) electrons. The molecule has 2 nitrogen and oxygen atoms in total. The zero-order valence-electron chi connectivity index (χ0n) is 14.8. The fourth-order valence-corrected chi connectivity index (χ4v) is 0.810. The highest BCUT2D eigenvalue weighted by atomic mass is 15.1. The molecule has 0 amide bonds. The second-order valence-electron chi connectivity index (χ2n) is 3.70. The Morgan fingerprint density at radius 1 is 1.05 bits per heavy atom. The van der Waals surface area contributed by atoms with Crippen LogP contribution in [0.4, 0.5) is 0 Å². The van der Waals surface area contributed by atoms with Gasteiger partial charge >= 0.3 is 0 Å². The number of nitrogens with zero attached hydrogens (tertiary/aromatic N) is 1. The predicted octanol–water partition coefficient (Wildman–Crippen LogP) is 5.09. The van der Waals surface area contributed by atoms with Crippen LogP contribution < -0.4 is 5.32 Å². The van der Waals surface area contributed by atoms with E-state index in [1.165, 1.54) is 25.8 Å². The summed E-state index contributed by atoms with van der Waals surface area (Å²) in [5, 5.41) is 3.21. The second kappa shape index (κ2) is 36.0. The lowest BCUT2D eigenvalue weighted by Gasteiger charge is -2.12. The lowest BCUT2D eigenvalue weighted by molar-refractivity contribution is 0.347. The summed E-state index contributed by atoms with van der Waals surface area (Å²) in [7, 11) is 2.15. The Kier molecular flexibility index (Phi) is 50.6. The molecular weight excluding hydrogens is 232 g/mol. The van der Waals surface area contributed by atoms with Crippen molar-refractivity contribution in [2.45, 2.75) is 60.8 Å². The third-order valence-electron chi connectivity index (χ3n) is 2.19. The molecule has 0 fully saturated rings. The lowest BCUT2D eigenvalue weighted by atomic mass is 10.4. The van der Waals surface area contributed by atoms with Gasteiger partial charge in [-0.25, -0.2) is 0 Å². The fraction of sp³-hybridized carbons (Fsp3) is 0.765. The topological polar surface area (TPSA) is 15.3 Å². The molecule has 0 saturated heterocycles. The Labute approximate surface area is 124 Å². The Bertz CT molecular complexity index is 131. The van der Waals surface area contributed by atoms with Crippen molar-refractivity contribution in [2.75, 3.05) is 26.7 Å². The molecule has 19 heavy (non-hydrogen) atoms. The van der Waals surface area contributed by atoms with E-state index in [1.807, 2.05) is 33.0 Å². The van der Waals surface area contributed by atoms with Gasteiger partial charge in [0.1, 0.15) is 0 Å². The van der Waals surface area contributed by atoms with Gasteiger partial charge in [-0.05, 0) is 39.7 Å². The highest BCUT2D eigenvalue weighted by Crippen LogP contribution is 1.84. The highest BCUT2D eigenvalue weighted by Gasteiger charge is 1.91. The Hall–Kier alpha value is -0.760. The van der Waals surface area contributed by atoms with Crippen molar-refractivity contribution in [3.63, 3.8) is 0 Å². The van der Waals surface area contributed by atoms with Gasteiger partial charge in [0.25, 0.3) is 0 Å². The zero-order chi connectivity index (χ0) is 15.9. The van der Waals surface area contributed by atoms with E-state index in [-0.39, 0.29) is 0 Å². The molecule has 0 aromatic heterocycles. The molecule has 0 atom stereocenters. The normalized spacial score (nSPS) is 8.63. The number of nitrogens with one attached hydrogen (secondary N) is 1. The summed E-state index contributed by atoms with van der Waals surface area (Å²) in [4.78, 5) is 2.32. The van der Waals surface area contributed by atoms with Gasteiger partial charge in [0, 0.05) is 6.54 Å². The molecule has 2 heteroatoms. The van der Waals surface area contributed by atoms with E-state index < -0.39 is 0 Å². The smallest absolute Gasteiger partial charge is 0.0153 e. The molecule has 0 rings (SSSR count). The maximum Gasteiger partial charge on any atom is 0.0153 e. The molecule has 0 aromatic carbocycles. The standard InChI is InChI=1S/C9H20N2.C4H10.C2H6.C2H4/c1-4-7-10-8-6-9-11(3)5-2;1-3-4-2;2*1-2/h4,7,10H,5-6,8-9H2,1-3H3;3-4H2,1-2H3;1-2H3;1-2H2/b7-4+;;;. The van der Waals surface area contributed by atoms with Gasteiger partial charge in [-0.15, -0.1) is 13.2 Å². The minimum Gasteiger partial charge on any atom is -0.391 e. The van der Waals surface area contributed by atoms with E-state index in [1.54, 1.807) is 0 Å². The zero-order valence-corrected chi connectivity index (χ0v) is 14.8. The molecule has 0 spiro atoms. The van der Waals surface area contributed by atoms with Gasteiger partial charge in [0.2, 0.25) is 0 Å². The van der Waals surface area contributed by atoms with Crippen LogP contribution in [0.2, 0.25) is 0 Å². The summed E-state index contributed by atoms with van der Waals surface area (Å²) in [6.07, 6.45) is 7.87. The number of hydrogen-bond donors (Lipinski definition) is 1. The molecule has 0 aliphatic rings. The van der Waals surface area contributed by atoms with Gasteiger partial charge in [-0.2, -0.15) is 0 Å². The molecule has 118 valence electrons. The molecule has 0 aliphatic carbocycles. The average Bonchev–Trinajstić information content (AvgIpc) is 2.51. The summed E-state index contributed by atoms with van der Waals surface area (Å²) in [6, 6.07) is 0. The van der Waals surface area contributed by atoms with Crippen LogP contribution in [0, 0.1) is 0 Å². The molecule has 1 N–H and O–H groups in total. The van der Waals surface area contributed by atoms with Gasteiger partial charge < -0.3 is 10.2 Å². The van der Waals surface area contributed by atoms with Crippen molar-refractivity contribution in [1.29, 1.82) is 0 Å². The van der Waals surface area contributed by atoms with Crippen LogP contribution in [0.3, 0.4) is 0 Å². The van der Waals surface area contributed by atoms with E-state index in [4.69, 9.17) is 0 Å². The molecule has 0 unspecified atom stereocenters. The van der Waals surface area contributed by atoms with Crippen molar-refractivity contribution < 1.29 is 0 Å². The number of allylic oxidation sites excluding steroid dienone is 1. The minimum absolute atomic E-state index is 1.08. The van der Waals surface area contributed by atoms with Crippen molar-refractivity contribution in [2.24, 2.45) is 0 Å². The van der Waals surface area contributed by atoms with Crippen molar-refractivity contribution >= 4 is 0 Å². The monoisotopic (exact) mass is 272 g/mol. The highest BCUT2D eigenvalue weighted by molar-refractivity contribution is 4.73. The van der Waals surface area contributed by atoms with Crippen LogP contribution in [0.15, 0.2) is 25.4 Å². The van der Waals surface area contributed by atoms with Crippen LogP contribution >= 0.6 is 0 Å². The maximum atomic E-state index is 3.21. The Balaban J connectivity index is -0.000000118. The summed E-state index contributed by atoms with van der Waals surface area (Å²) in [5.41, 5.74) is 0. The minimum atomic E-state index is 1.08. The van der Waals surface area contributed by atoms with Gasteiger partial charge in [-0.1, -0.05) is 53.5 Å². The van der Waals surface area contributed by atoms with E-state index >= 15 is 0 Å². The Morgan fingerprint density at radius 2 is 1.53 bits per heavy atom. The lowest BCUT2D eigenvalue weighted by Crippen LogP contribution is -2.21. The van der Waals surface area contributed by atoms with Crippen LogP contribution in [0.1, 0.15) is 60.8 Å². The van der Waals surface area contributed by atoms with Crippen LogP contribution in [-0.2, 0) is 0 Å². The summed E-state index contributed by atoms with van der Waals surface area (Å²) in [6.45, 7) is 22.0.